The molecule has 0 unspecified atom stereocenters. The van der Waals surface area contributed by atoms with Crippen LogP contribution in [0, 0.1) is 11.3 Å². The highest BCUT2D eigenvalue weighted by molar-refractivity contribution is 6.30. The van der Waals surface area contributed by atoms with Gasteiger partial charge in [-0.3, -0.25) is 0 Å². The molecule has 0 fully saturated rings. The predicted octanol–water partition coefficient (Wildman–Crippen LogP) is 5.63. The normalized spacial score (nSPS) is 10.8. The average Bonchev–Trinajstić information content (AvgIpc) is 2.74. The first kappa shape index (κ1) is 19.2. The fraction of sp³-hybridized carbons (Fsp3) is 0.0435. The van der Waals surface area contributed by atoms with Crippen LogP contribution in [0.25, 0.3) is 11.6 Å². The molecule has 0 aliphatic heterocycles. The van der Waals surface area contributed by atoms with Gasteiger partial charge in [-0.1, -0.05) is 48.0 Å². The van der Waals surface area contributed by atoms with E-state index in [-0.39, 0.29) is 5.75 Å². The molecule has 0 atom stereocenters. The van der Waals surface area contributed by atoms with Gasteiger partial charge in [0.25, 0.3) is 0 Å². The van der Waals surface area contributed by atoms with E-state index in [0.717, 1.165) is 11.1 Å². The number of esters is 1. The van der Waals surface area contributed by atoms with E-state index < -0.39 is 5.97 Å². The Bertz CT molecular complexity index is 1050. The van der Waals surface area contributed by atoms with Gasteiger partial charge in [0.1, 0.15) is 0 Å². The van der Waals surface area contributed by atoms with E-state index in [1.54, 1.807) is 48.5 Å². The van der Waals surface area contributed by atoms with Crippen LogP contribution in [0.4, 0.5) is 0 Å². The molecule has 0 aliphatic rings. The van der Waals surface area contributed by atoms with Gasteiger partial charge in [-0.2, -0.15) is 5.26 Å². The van der Waals surface area contributed by atoms with Crippen molar-refractivity contribution in [3.63, 3.8) is 0 Å². The molecule has 138 valence electrons. The molecule has 0 saturated carbocycles. The minimum Gasteiger partial charge on any atom is -0.493 e. The maximum Gasteiger partial charge on any atom is 0.343 e. The Morgan fingerprint density at radius 3 is 2.32 bits per heavy atom. The SMILES string of the molecule is COc1cc(/C=C(/C#N)c2ccccc2)ccc1OC(=O)c1ccc(Cl)cc1. The molecule has 0 bridgehead atoms. The number of carbonyl (C=O) groups excluding carboxylic acids is 1. The molecule has 0 aromatic heterocycles. The predicted molar refractivity (Wildman–Crippen MR) is 109 cm³/mol. The summed E-state index contributed by atoms with van der Waals surface area (Å²) in [6.45, 7) is 0. The number of nitriles is 1. The van der Waals surface area contributed by atoms with Crippen molar-refractivity contribution in [2.24, 2.45) is 0 Å². The van der Waals surface area contributed by atoms with Crippen molar-refractivity contribution in [2.45, 2.75) is 0 Å². The molecule has 0 N–H and O–H groups in total. The molecular formula is C23H16ClNO3. The van der Waals surface area contributed by atoms with E-state index in [2.05, 4.69) is 6.07 Å². The van der Waals surface area contributed by atoms with E-state index in [4.69, 9.17) is 21.1 Å². The number of benzene rings is 3. The zero-order valence-electron chi connectivity index (χ0n) is 15.1. The zero-order valence-corrected chi connectivity index (χ0v) is 15.8. The summed E-state index contributed by atoms with van der Waals surface area (Å²) < 4.78 is 10.8. The van der Waals surface area contributed by atoms with Crippen LogP contribution in [0.1, 0.15) is 21.5 Å². The van der Waals surface area contributed by atoms with Crippen LogP contribution in [0.2, 0.25) is 5.02 Å². The second kappa shape index (κ2) is 8.90. The molecule has 3 rings (SSSR count). The number of hydrogen-bond acceptors (Lipinski definition) is 4. The highest BCUT2D eigenvalue weighted by atomic mass is 35.5. The Morgan fingerprint density at radius 1 is 0.964 bits per heavy atom. The van der Waals surface area contributed by atoms with E-state index in [1.165, 1.54) is 7.11 Å². The smallest absolute Gasteiger partial charge is 0.343 e. The lowest BCUT2D eigenvalue weighted by Crippen LogP contribution is -2.09. The number of allylic oxidation sites excluding steroid dienone is 1. The maximum atomic E-state index is 12.3. The van der Waals surface area contributed by atoms with Crippen LogP contribution in [0.3, 0.4) is 0 Å². The van der Waals surface area contributed by atoms with Crippen LogP contribution in [-0.2, 0) is 0 Å². The van der Waals surface area contributed by atoms with Gasteiger partial charge in [0.05, 0.1) is 24.3 Å². The minimum atomic E-state index is -0.514. The molecule has 0 spiro atoms. The van der Waals surface area contributed by atoms with Crippen molar-refractivity contribution < 1.29 is 14.3 Å². The molecule has 3 aromatic carbocycles. The van der Waals surface area contributed by atoms with Crippen molar-refractivity contribution in [1.82, 2.24) is 0 Å². The second-order valence-corrected chi connectivity index (χ2v) is 6.28. The Kier molecular flexibility index (Phi) is 6.11. The molecule has 28 heavy (non-hydrogen) atoms. The molecule has 3 aromatic rings. The first-order chi connectivity index (χ1) is 13.6. The fourth-order valence-corrected chi connectivity index (χ4v) is 2.69. The molecule has 0 amide bonds. The van der Waals surface area contributed by atoms with Gasteiger partial charge < -0.3 is 9.47 Å². The summed E-state index contributed by atoms with van der Waals surface area (Å²) in [5.41, 5.74) is 2.48. The van der Waals surface area contributed by atoms with Gasteiger partial charge in [0, 0.05) is 5.02 Å². The molecule has 5 heteroatoms. The minimum absolute atomic E-state index is 0.290. The lowest BCUT2D eigenvalue weighted by atomic mass is 10.0. The number of methoxy groups -OCH3 is 1. The summed E-state index contributed by atoms with van der Waals surface area (Å²) in [5.74, 6) is 0.166. The number of rotatable bonds is 5. The largest absolute Gasteiger partial charge is 0.493 e. The molecule has 0 heterocycles. The third kappa shape index (κ3) is 4.59. The second-order valence-electron chi connectivity index (χ2n) is 5.84. The molecule has 0 radical (unpaired) electrons. The summed E-state index contributed by atoms with van der Waals surface area (Å²) >= 11 is 5.84. The molecule has 0 aliphatic carbocycles. The maximum absolute atomic E-state index is 12.3. The van der Waals surface area contributed by atoms with Crippen LogP contribution >= 0.6 is 11.6 Å². The summed E-state index contributed by atoms with van der Waals surface area (Å²) in [6, 6.07) is 23.1. The number of hydrogen-bond donors (Lipinski definition) is 0. The first-order valence-electron chi connectivity index (χ1n) is 8.43. The van der Waals surface area contributed by atoms with Gasteiger partial charge in [0.2, 0.25) is 0 Å². The average molecular weight is 390 g/mol. The summed E-state index contributed by atoms with van der Waals surface area (Å²) in [4.78, 5) is 12.3. The standard InChI is InChI=1S/C23H16ClNO3/c1-27-22-14-16(13-19(15-25)17-5-3-2-4-6-17)7-12-21(22)28-23(26)18-8-10-20(24)11-9-18/h2-14H,1H3/b19-13-. The number of nitrogens with zero attached hydrogens (tertiary/aromatic N) is 1. The van der Waals surface area contributed by atoms with E-state index >= 15 is 0 Å². The fourth-order valence-electron chi connectivity index (χ4n) is 2.57. The number of halogens is 1. The third-order valence-corrected chi connectivity index (χ3v) is 4.24. The highest BCUT2D eigenvalue weighted by Gasteiger charge is 2.13. The van der Waals surface area contributed by atoms with Crippen molar-refractivity contribution in [2.75, 3.05) is 7.11 Å². The van der Waals surface area contributed by atoms with Gasteiger partial charge in [-0.25, -0.2) is 4.79 Å². The topological polar surface area (TPSA) is 59.3 Å². The van der Waals surface area contributed by atoms with Crippen LogP contribution in [0.5, 0.6) is 11.5 Å². The van der Waals surface area contributed by atoms with E-state index in [1.807, 2.05) is 30.3 Å². The summed E-state index contributed by atoms with van der Waals surface area (Å²) in [6.07, 6.45) is 1.75. The summed E-state index contributed by atoms with van der Waals surface area (Å²) in [5, 5.41) is 10.00. The number of carbonyl (C=O) groups is 1. The summed E-state index contributed by atoms with van der Waals surface area (Å²) in [7, 11) is 1.49. The quantitative estimate of drug-likeness (QED) is 0.245. The van der Waals surface area contributed by atoms with Crippen molar-refractivity contribution in [3.8, 4) is 17.6 Å². The van der Waals surface area contributed by atoms with Gasteiger partial charge in [0.15, 0.2) is 11.5 Å². The molecular weight excluding hydrogens is 374 g/mol. The van der Waals surface area contributed by atoms with Crippen LogP contribution in [0.15, 0.2) is 72.8 Å². The van der Waals surface area contributed by atoms with E-state index in [9.17, 15) is 10.1 Å². The first-order valence-corrected chi connectivity index (χ1v) is 8.81. The highest BCUT2D eigenvalue weighted by Crippen LogP contribution is 2.30. The number of ether oxygens (including phenoxy) is 2. The monoisotopic (exact) mass is 389 g/mol. The van der Waals surface area contributed by atoms with Gasteiger partial charge in [-0.05, 0) is 53.6 Å². The lowest BCUT2D eigenvalue weighted by Gasteiger charge is -2.10. The third-order valence-electron chi connectivity index (χ3n) is 3.99. The zero-order chi connectivity index (χ0) is 19.9. The van der Waals surface area contributed by atoms with Gasteiger partial charge in [-0.15, -0.1) is 0 Å². The lowest BCUT2D eigenvalue weighted by molar-refractivity contribution is 0.0729. The molecule has 0 saturated heterocycles. The Labute approximate surface area is 168 Å². The molecule has 4 nitrogen and oxygen atoms in total. The van der Waals surface area contributed by atoms with Crippen molar-refractivity contribution >= 4 is 29.2 Å². The Morgan fingerprint density at radius 2 is 1.68 bits per heavy atom. The Hall–Kier alpha value is -3.55. The van der Waals surface area contributed by atoms with E-state index in [0.29, 0.717) is 21.9 Å². The Balaban J connectivity index is 1.86. The van der Waals surface area contributed by atoms with Crippen molar-refractivity contribution in [3.05, 3.63) is 94.5 Å². The van der Waals surface area contributed by atoms with Crippen molar-refractivity contribution in [1.29, 1.82) is 5.26 Å². The van der Waals surface area contributed by atoms with Gasteiger partial charge >= 0.3 is 5.97 Å². The van der Waals surface area contributed by atoms with Crippen LogP contribution < -0.4 is 9.47 Å². The van der Waals surface area contributed by atoms with Crippen LogP contribution in [-0.4, -0.2) is 13.1 Å².